The zero-order valence-corrected chi connectivity index (χ0v) is 18.0. The van der Waals surface area contributed by atoms with Gasteiger partial charge in [0.25, 0.3) is 0 Å². The van der Waals surface area contributed by atoms with Gasteiger partial charge in [-0.2, -0.15) is 13.2 Å². The smallest absolute Gasteiger partial charge is 0.206 e. The lowest BCUT2D eigenvalue weighted by molar-refractivity contribution is -0.140. The first-order chi connectivity index (χ1) is 16.2. The molecule has 0 radical (unpaired) electrons. The van der Waals surface area contributed by atoms with E-state index in [-0.39, 0.29) is 11.1 Å². The number of aryl methyl sites for hydroxylation is 1. The number of fused-ring (bicyclic) bond motifs is 1. The Morgan fingerprint density at radius 3 is 1.97 bits per heavy atom. The van der Waals surface area contributed by atoms with E-state index in [9.17, 15) is 22.0 Å². The number of hydrogen-bond donors (Lipinski definition) is 0. The minimum atomic E-state index is -4.79. The number of hydrogen-bond acceptors (Lipinski definition) is 0. The summed E-state index contributed by atoms with van der Waals surface area (Å²) in [5, 5.41) is 0.972. The predicted octanol–water partition coefficient (Wildman–Crippen LogP) is 7.50. The van der Waals surface area contributed by atoms with Gasteiger partial charge in [0.2, 0.25) is 0 Å². The van der Waals surface area contributed by atoms with E-state index in [2.05, 4.69) is 30.6 Å². The second-order valence-corrected chi connectivity index (χ2v) is 7.61. The highest BCUT2D eigenvalue weighted by molar-refractivity contribution is 5.86. The normalized spacial score (nSPS) is 10.9. The zero-order chi connectivity index (χ0) is 24.3. The lowest BCUT2D eigenvalue weighted by Gasteiger charge is -2.07. The highest BCUT2D eigenvalue weighted by atomic mass is 19.4. The third kappa shape index (κ3) is 5.11. The van der Waals surface area contributed by atoms with Gasteiger partial charge in [0.1, 0.15) is 11.6 Å². The molecule has 0 amide bonds. The van der Waals surface area contributed by atoms with Gasteiger partial charge in [-0.3, -0.25) is 0 Å². The maximum absolute atomic E-state index is 15.0. The van der Waals surface area contributed by atoms with E-state index in [1.807, 2.05) is 24.3 Å². The molecule has 5 heteroatoms. The standard InChI is InChI=1S/C29H17F5/c1-2-19-3-5-20(6-4-19)7-8-21-10-15-25-24(17-21)14-13-23(28(25)31)12-9-22-11-16-26(27(30)18-22)29(32,33)34/h3-6,10-11,13-18H,2H2,1H3. The summed E-state index contributed by atoms with van der Waals surface area (Å²) in [6.07, 6.45) is -3.83. The largest absolute Gasteiger partial charge is 0.419 e. The van der Waals surface area contributed by atoms with Crippen molar-refractivity contribution in [1.29, 1.82) is 0 Å². The second-order valence-electron chi connectivity index (χ2n) is 7.61. The molecule has 0 spiro atoms. The molecule has 4 aromatic rings. The van der Waals surface area contributed by atoms with Crippen molar-refractivity contribution in [3.05, 3.63) is 118 Å². The van der Waals surface area contributed by atoms with Crippen LogP contribution in [-0.2, 0) is 12.6 Å². The average Bonchev–Trinajstić information content (AvgIpc) is 2.82. The van der Waals surface area contributed by atoms with E-state index in [1.54, 1.807) is 24.3 Å². The van der Waals surface area contributed by atoms with Crippen molar-refractivity contribution in [2.75, 3.05) is 0 Å². The molecule has 0 unspecified atom stereocenters. The van der Waals surface area contributed by atoms with Crippen LogP contribution in [0.25, 0.3) is 10.8 Å². The fraction of sp³-hybridized carbons (Fsp3) is 0.103. The quantitative estimate of drug-likeness (QED) is 0.204. The van der Waals surface area contributed by atoms with E-state index < -0.39 is 23.4 Å². The molecule has 0 N–H and O–H groups in total. The second kappa shape index (κ2) is 9.41. The third-order valence-electron chi connectivity index (χ3n) is 5.28. The summed E-state index contributed by atoms with van der Waals surface area (Å²) in [5.74, 6) is 9.28. The Morgan fingerprint density at radius 2 is 1.29 bits per heavy atom. The Balaban J connectivity index is 1.60. The summed E-state index contributed by atoms with van der Waals surface area (Å²) in [7, 11) is 0. The zero-order valence-electron chi connectivity index (χ0n) is 18.0. The minimum absolute atomic E-state index is 0.0163. The first-order valence-electron chi connectivity index (χ1n) is 10.5. The predicted molar refractivity (Wildman–Crippen MR) is 123 cm³/mol. The van der Waals surface area contributed by atoms with Gasteiger partial charge in [-0.15, -0.1) is 0 Å². The van der Waals surface area contributed by atoms with Gasteiger partial charge in [-0.25, -0.2) is 8.78 Å². The fourth-order valence-corrected chi connectivity index (χ4v) is 3.40. The topological polar surface area (TPSA) is 0 Å². The van der Waals surface area contributed by atoms with Gasteiger partial charge < -0.3 is 0 Å². The molecule has 0 fully saturated rings. The fourth-order valence-electron chi connectivity index (χ4n) is 3.40. The Bertz CT molecular complexity index is 1490. The number of alkyl halides is 3. The minimum Gasteiger partial charge on any atom is -0.206 e. The Hall–Kier alpha value is -4.09. The van der Waals surface area contributed by atoms with Crippen LogP contribution < -0.4 is 0 Å². The van der Waals surface area contributed by atoms with Gasteiger partial charge >= 0.3 is 6.18 Å². The van der Waals surface area contributed by atoms with Crippen molar-refractivity contribution in [3.8, 4) is 23.7 Å². The van der Waals surface area contributed by atoms with Crippen molar-refractivity contribution in [1.82, 2.24) is 0 Å². The van der Waals surface area contributed by atoms with Gasteiger partial charge in [-0.1, -0.05) is 54.9 Å². The van der Waals surface area contributed by atoms with Crippen LogP contribution in [0.3, 0.4) is 0 Å². The van der Waals surface area contributed by atoms with E-state index in [0.717, 1.165) is 23.6 Å². The highest BCUT2D eigenvalue weighted by Gasteiger charge is 2.33. The summed E-state index contributed by atoms with van der Waals surface area (Å²) in [4.78, 5) is 0. The van der Waals surface area contributed by atoms with Crippen LogP contribution in [0.2, 0.25) is 0 Å². The van der Waals surface area contributed by atoms with Crippen LogP contribution in [0.5, 0.6) is 0 Å². The SMILES string of the molecule is CCc1ccc(C#Cc2ccc3c(F)c(C#Cc4ccc(C(F)(F)F)c(F)c4)ccc3c2)cc1. The van der Waals surface area contributed by atoms with Crippen molar-refractivity contribution in [3.63, 3.8) is 0 Å². The maximum Gasteiger partial charge on any atom is 0.419 e. The van der Waals surface area contributed by atoms with E-state index >= 15 is 0 Å². The molecule has 4 aromatic carbocycles. The molecule has 0 bridgehead atoms. The highest BCUT2D eigenvalue weighted by Crippen LogP contribution is 2.31. The molecule has 0 saturated carbocycles. The number of halogens is 5. The van der Waals surface area contributed by atoms with Crippen molar-refractivity contribution >= 4 is 10.8 Å². The summed E-state index contributed by atoms with van der Waals surface area (Å²) in [5.41, 5.74) is 1.55. The molecule has 0 nitrogen and oxygen atoms in total. The molecule has 168 valence electrons. The van der Waals surface area contributed by atoms with Gasteiger partial charge in [0, 0.05) is 22.1 Å². The molecule has 34 heavy (non-hydrogen) atoms. The molecule has 0 aliphatic rings. The van der Waals surface area contributed by atoms with E-state index in [0.29, 0.717) is 22.9 Å². The number of rotatable bonds is 1. The van der Waals surface area contributed by atoms with Crippen LogP contribution in [0.1, 0.15) is 40.3 Å². The van der Waals surface area contributed by atoms with Gasteiger partial charge in [0.05, 0.1) is 11.1 Å². The lowest BCUT2D eigenvalue weighted by Crippen LogP contribution is -2.07. The molecule has 0 saturated heterocycles. The lowest BCUT2D eigenvalue weighted by atomic mass is 10.0. The van der Waals surface area contributed by atoms with Crippen molar-refractivity contribution < 1.29 is 22.0 Å². The van der Waals surface area contributed by atoms with Crippen LogP contribution in [-0.4, -0.2) is 0 Å². The van der Waals surface area contributed by atoms with Crippen LogP contribution in [0, 0.1) is 35.3 Å². The van der Waals surface area contributed by atoms with Gasteiger partial charge in [-0.05, 0) is 65.9 Å². The van der Waals surface area contributed by atoms with Crippen molar-refractivity contribution in [2.45, 2.75) is 19.5 Å². The molecule has 0 aliphatic heterocycles. The van der Waals surface area contributed by atoms with Crippen LogP contribution in [0.15, 0.2) is 72.8 Å². The van der Waals surface area contributed by atoms with Crippen LogP contribution in [0.4, 0.5) is 22.0 Å². The van der Waals surface area contributed by atoms with E-state index in [4.69, 9.17) is 0 Å². The molecule has 0 atom stereocenters. The van der Waals surface area contributed by atoms with Crippen molar-refractivity contribution in [2.24, 2.45) is 0 Å². The average molecular weight is 460 g/mol. The molecule has 0 aliphatic carbocycles. The Labute approximate surface area is 194 Å². The maximum atomic E-state index is 15.0. The Morgan fingerprint density at radius 1 is 0.676 bits per heavy atom. The summed E-state index contributed by atoms with van der Waals surface area (Å²) in [6.45, 7) is 2.08. The molecule has 4 rings (SSSR count). The van der Waals surface area contributed by atoms with E-state index in [1.165, 1.54) is 11.6 Å². The molecular formula is C29H17F5. The summed E-state index contributed by atoms with van der Waals surface area (Å²) in [6, 6.07) is 18.6. The Kier molecular flexibility index (Phi) is 6.39. The first-order valence-corrected chi connectivity index (χ1v) is 10.5. The molecule has 0 heterocycles. The molecular weight excluding hydrogens is 443 g/mol. The summed E-state index contributed by atoms with van der Waals surface area (Å²) < 4.78 is 66.8. The third-order valence-corrected chi connectivity index (χ3v) is 5.28. The van der Waals surface area contributed by atoms with Crippen LogP contribution >= 0.6 is 0 Å². The summed E-state index contributed by atoms with van der Waals surface area (Å²) >= 11 is 0. The van der Waals surface area contributed by atoms with Gasteiger partial charge in [0.15, 0.2) is 0 Å². The first kappa shape index (κ1) is 23.1. The monoisotopic (exact) mass is 460 g/mol. The number of benzene rings is 4. The molecule has 0 aromatic heterocycles.